The standard InChI is InChI=1S/C21H23FN2O2/c1-3-26-21(25)16-6-8-18(9-7-16)23-14-17-13-19(22)20(12-15(17)2)24-10-4-5-11-24/h6-9,12-14H,3-5,10-11H2,1-2H3. The van der Waals surface area contributed by atoms with Crippen molar-refractivity contribution in [3.8, 4) is 0 Å². The quantitative estimate of drug-likeness (QED) is 0.579. The van der Waals surface area contributed by atoms with Crippen LogP contribution in [-0.4, -0.2) is 31.9 Å². The van der Waals surface area contributed by atoms with E-state index < -0.39 is 0 Å². The molecule has 0 saturated carbocycles. The van der Waals surface area contributed by atoms with Crippen LogP contribution in [0.4, 0.5) is 15.8 Å². The molecule has 0 radical (unpaired) electrons. The minimum Gasteiger partial charge on any atom is -0.462 e. The van der Waals surface area contributed by atoms with E-state index in [1.165, 1.54) is 0 Å². The fourth-order valence-corrected chi connectivity index (χ4v) is 3.06. The van der Waals surface area contributed by atoms with Crippen molar-refractivity contribution in [3.05, 3.63) is 58.9 Å². The molecule has 26 heavy (non-hydrogen) atoms. The van der Waals surface area contributed by atoms with Gasteiger partial charge in [0, 0.05) is 19.3 Å². The number of aryl methyl sites for hydroxylation is 1. The Hall–Kier alpha value is -2.69. The van der Waals surface area contributed by atoms with Gasteiger partial charge >= 0.3 is 5.97 Å². The fraction of sp³-hybridized carbons (Fsp3) is 0.333. The molecule has 0 aromatic heterocycles. The molecule has 136 valence electrons. The molecule has 0 spiro atoms. The second-order valence-electron chi connectivity index (χ2n) is 6.38. The van der Waals surface area contributed by atoms with Gasteiger partial charge in [-0.15, -0.1) is 0 Å². The molecule has 0 N–H and O–H groups in total. The first-order chi connectivity index (χ1) is 12.6. The zero-order valence-corrected chi connectivity index (χ0v) is 15.2. The van der Waals surface area contributed by atoms with Gasteiger partial charge in [0.15, 0.2) is 0 Å². The van der Waals surface area contributed by atoms with Gasteiger partial charge in [-0.1, -0.05) is 0 Å². The molecule has 0 atom stereocenters. The summed E-state index contributed by atoms with van der Waals surface area (Å²) in [5.41, 5.74) is 3.60. The smallest absolute Gasteiger partial charge is 0.338 e. The zero-order chi connectivity index (χ0) is 18.5. The highest BCUT2D eigenvalue weighted by molar-refractivity contribution is 5.90. The summed E-state index contributed by atoms with van der Waals surface area (Å²) >= 11 is 0. The highest BCUT2D eigenvalue weighted by Crippen LogP contribution is 2.26. The third-order valence-electron chi connectivity index (χ3n) is 4.51. The largest absolute Gasteiger partial charge is 0.462 e. The van der Waals surface area contributed by atoms with E-state index in [1.807, 2.05) is 13.0 Å². The molecule has 4 nitrogen and oxygen atoms in total. The number of ether oxygens (including phenoxy) is 1. The molecule has 5 heteroatoms. The molecular formula is C21H23FN2O2. The molecule has 0 amide bonds. The Morgan fingerprint density at radius 2 is 1.92 bits per heavy atom. The molecular weight excluding hydrogens is 331 g/mol. The average molecular weight is 354 g/mol. The molecule has 0 bridgehead atoms. The summed E-state index contributed by atoms with van der Waals surface area (Å²) in [6.07, 6.45) is 3.89. The van der Waals surface area contributed by atoms with Crippen molar-refractivity contribution in [1.82, 2.24) is 0 Å². The molecule has 0 unspecified atom stereocenters. The maximum Gasteiger partial charge on any atom is 0.338 e. The van der Waals surface area contributed by atoms with Crippen molar-refractivity contribution in [2.75, 3.05) is 24.6 Å². The van der Waals surface area contributed by atoms with Crippen LogP contribution in [0.5, 0.6) is 0 Å². The maximum atomic E-state index is 14.5. The van der Waals surface area contributed by atoms with Crippen molar-refractivity contribution in [2.24, 2.45) is 4.99 Å². The van der Waals surface area contributed by atoms with Crippen molar-refractivity contribution >= 4 is 23.6 Å². The lowest BCUT2D eigenvalue weighted by atomic mass is 10.1. The Morgan fingerprint density at radius 1 is 1.23 bits per heavy atom. The SMILES string of the molecule is CCOC(=O)c1ccc(N=Cc2cc(F)c(N3CCCC3)cc2C)cc1. The lowest BCUT2D eigenvalue weighted by Gasteiger charge is -2.19. The third-order valence-corrected chi connectivity index (χ3v) is 4.51. The topological polar surface area (TPSA) is 41.9 Å². The predicted octanol–water partition coefficient (Wildman–Crippen LogP) is 4.66. The minimum atomic E-state index is -0.349. The number of esters is 1. The van der Waals surface area contributed by atoms with E-state index >= 15 is 0 Å². The number of anilines is 1. The van der Waals surface area contributed by atoms with Gasteiger partial charge in [0.25, 0.3) is 0 Å². The van der Waals surface area contributed by atoms with E-state index in [2.05, 4.69) is 9.89 Å². The summed E-state index contributed by atoms with van der Waals surface area (Å²) in [5, 5.41) is 0. The number of carbonyl (C=O) groups excluding carboxylic acids is 1. The van der Waals surface area contributed by atoms with E-state index in [4.69, 9.17) is 4.74 Å². The second-order valence-corrected chi connectivity index (χ2v) is 6.38. The first-order valence-electron chi connectivity index (χ1n) is 8.95. The number of aliphatic imine (C=N–C) groups is 1. The molecule has 1 heterocycles. The number of hydrogen-bond donors (Lipinski definition) is 0. The van der Waals surface area contributed by atoms with E-state index in [0.29, 0.717) is 23.5 Å². The van der Waals surface area contributed by atoms with Crippen molar-refractivity contribution in [2.45, 2.75) is 26.7 Å². The first kappa shape index (κ1) is 18.1. The van der Waals surface area contributed by atoms with Gasteiger partial charge in [-0.05, 0) is 74.2 Å². The molecule has 1 aliphatic rings. The van der Waals surface area contributed by atoms with Gasteiger partial charge in [-0.3, -0.25) is 4.99 Å². The molecule has 3 rings (SSSR count). The maximum absolute atomic E-state index is 14.5. The Balaban J connectivity index is 1.75. The van der Waals surface area contributed by atoms with Crippen LogP contribution in [0, 0.1) is 12.7 Å². The summed E-state index contributed by atoms with van der Waals surface area (Å²) in [7, 11) is 0. The number of benzene rings is 2. The second kappa shape index (κ2) is 8.13. The van der Waals surface area contributed by atoms with Gasteiger partial charge in [0.2, 0.25) is 0 Å². The van der Waals surface area contributed by atoms with Crippen LogP contribution in [0.1, 0.15) is 41.3 Å². The van der Waals surface area contributed by atoms with Gasteiger partial charge in [0.05, 0.1) is 23.5 Å². The lowest BCUT2D eigenvalue weighted by molar-refractivity contribution is 0.0526. The summed E-state index contributed by atoms with van der Waals surface area (Å²) in [5.74, 6) is -0.560. The van der Waals surface area contributed by atoms with Crippen LogP contribution in [0.25, 0.3) is 0 Å². The Labute approximate surface area is 153 Å². The van der Waals surface area contributed by atoms with Gasteiger partial charge in [-0.2, -0.15) is 0 Å². The summed E-state index contributed by atoms with van der Waals surface area (Å²) < 4.78 is 19.4. The van der Waals surface area contributed by atoms with E-state index in [-0.39, 0.29) is 11.8 Å². The lowest BCUT2D eigenvalue weighted by Crippen LogP contribution is -2.19. The third kappa shape index (κ3) is 4.10. The fourth-order valence-electron chi connectivity index (χ4n) is 3.06. The number of rotatable bonds is 5. The summed E-state index contributed by atoms with van der Waals surface area (Å²) in [6.45, 7) is 5.90. The van der Waals surface area contributed by atoms with Crippen molar-refractivity contribution in [1.29, 1.82) is 0 Å². The molecule has 0 aliphatic carbocycles. The molecule has 1 fully saturated rings. The van der Waals surface area contributed by atoms with Crippen LogP contribution in [0.2, 0.25) is 0 Å². The predicted molar refractivity (Wildman–Crippen MR) is 102 cm³/mol. The van der Waals surface area contributed by atoms with Crippen LogP contribution in [0.3, 0.4) is 0 Å². The number of nitrogens with zero attached hydrogens (tertiary/aromatic N) is 2. The van der Waals surface area contributed by atoms with Crippen molar-refractivity contribution in [3.63, 3.8) is 0 Å². The summed E-state index contributed by atoms with van der Waals surface area (Å²) in [4.78, 5) is 18.1. The van der Waals surface area contributed by atoms with Gasteiger partial charge in [-0.25, -0.2) is 9.18 Å². The normalized spacial score (nSPS) is 14.2. The Bertz CT molecular complexity index is 810. The van der Waals surface area contributed by atoms with Crippen LogP contribution in [0.15, 0.2) is 41.4 Å². The van der Waals surface area contributed by atoms with Gasteiger partial charge < -0.3 is 9.64 Å². The van der Waals surface area contributed by atoms with Crippen LogP contribution < -0.4 is 4.90 Å². The van der Waals surface area contributed by atoms with Crippen molar-refractivity contribution < 1.29 is 13.9 Å². The number of hydrogen-bond acceptors (Lipinski definition) is 4. The monoisotopic (exact) mass is 354 g/mol. The van der Waals surface area contributed by atoms with E-state index in [9.17, 15) is 9.18 Å². The highest BCUT2D eigenvalue weighted by Gasteiger charge is 2.17. The molecule has 1 aliphatic heterocycles. The Morgan fingerprint density at radius 3 is 2.58 bits per heavy atom. The average Bonchev–Trinajstić information content (AvgIpc) is 3.17. The first-order valence-corrected chi connectivity index (χ1v) is 8.95. The minimum absolute atomic E-state index is 0.211. The highest BCUT2D eigenvalue weighted by atomic mass is 19.1. The van der Waals surface area contributed by atoms with Crippen LogP contribution in [-0.2, 0) is 4.74 Å². The molecule has 1 saturated heterocycles. The number of halogens is 1. The van der Waals surface area contributed by atoms with Gasteiger partial charge in [0.1, 0.15) is 5.82 Å². The zero-order valence-electron chi connectivity index (χ0n) is 15.2. The molecule has 2 aromatic carbocycles. The Kier molecular flexibility index (Phi) is 5.66. The van der Waals surface area contributed by atoms with E-state index in [1.54, 1.807) is 43.5 Å². The summed E-state index contributed by atoms with van der Waals surface area (Å²) in [6, 6.07) is 10.3. The van der Waals surface area contributed by atoms with Crippen LogP contribution >= 0.6 is 0 Å². The number of carbonyl (C=O) groups is 1. The van der Waals surface area contributed by atoms with E-state index in [0.717, 1.165) is 37.1 Å². The molecule has 2 aromatic rings.